The van der Waals surface area contributed by atoms with Crippen LogP contribution in [0.2, 0.25) is 0 Å². The highest BCUT2D eigenvalue weighted by molar-refractivity contribution is 6.01. The van der Waals surface area contributed by atoms with Gasteiger partial charge in [0.2, 0.25) is 0 Å². The first-order chi connectivity index (χ1) is 9.43. The van der Waals surface area contributed by atoms with Crippen molar-refractivity contribution in [2.75, 3.05) is 13.2 Å². The lowest BCUT2D eigenvalue weighted by atomic mass is 10.1. The Labute approximate surface area is 113 Å². The summed E-state index contributed by atoms with van der Waals surface area (Å²) in [7, 11) is 0. The van der Waals surface area contributed by atoms with E-state index in [4.69, 9.17) is 4.74 Å². The van der Waals surface area contributed by atoms with Crippen molar-refractivity contribution in [3.63, 3.8) is 0 Å². The molecule has 0 aliphatic carbocycles. The van der Waals surface area contributed by atoms with E-state index in [-0.39, 0.29) is 0 Å². The van der Waals surface area contributed by atoms with Crippen LogP contribution in [0.1, 0.15) is 11.1 Å². The molecule has 19 heavy (non-hydrogen) atoms. The molecule has 1 heterocycles. The Morgan fingerprint density at radius 2 is 1.79 bits per heavy atom. The maximum Gasteiger partial charge on any atom is 0.132 e. The van der Waals surface area contributed by atoms with Crippen LogP contribution in [0.4, 0.5) is 0 Å². The van der Waals surface area contributed by atoms with Crippen LogP contribution < -0.4 is 10.1 Å². The Balaban J connectivity index is 1.79. The highest BCUT2D eigenvalue weighted by Gasteiger charge is 2.12. The van der Waals surface area contributed by atoms with Gasteiger partial charge in [0.1, 0.15) is 18.2 Å². The van der Waals surface area contributed by atoms with E-state index in [2.05, 4.69) is 22.4 Å². The Kier molecular flexibility index (Phi) is 3.45. The fourth-order valence-corrected chi connectivity index (χ4v) is 2.12. The molecule has 0 unspecified atom stereocenters. The lowest BCUT2D eigenvalue weighted by Crippen LogP contribution is -2.24. The molecule has 0 atom stereocenters. The normalized spacial score (nSPS) is 13.8. The standard InChI is InChI=1S/C16H16N2O/c1-2-6-13(7-3-1)12-18-16-14-8-4-5-9-15(14)19-11-10-17-16/h1-9H,10-12H2,(H,17,18). The van der Waals surface area contributed by atoms with Gasteiger partial charge in [-0.3, -0.25) is 4.99 Å². The summed E-state index contributed by atoms with van der Waals surface area (Å²) in [4.78, 5) is 4.56. The molecule has 96 valence electrons. The maximum absolute atomic E-state index is 5.68. The van der Waals surface area contributed by atoms with Crippen molar-refractivity contribution < 1.29 is 4.74 Å². The molecule has 1 N–H and O–H groups in total. The van der Waals surface area contributed by atoms with Crippen LogP contribution in [0.15, 0.2) is 59.6 Å². The highest BCUT2D eigenvalue weighted by atomic mass is 16.5. The van der Waals surface area contributed by atoms with Crippen molar-refractivity contribution in [2.45, 2.75) is 6.54 Å². The largest absolute Gasteiger partial charge is 0.491 e. The minimum Gasteiger partial charge on any atom is -0.491 e. The quantitative estimate of drug-likeness (QED) is 0.891. The van der Waals surface area contributed by atoms with E-state index < -0.39 is 0 Å². The minimum absolute atomic E-state index is 0.632. The van der Waals surface area contributed by atoms with Gasteiger partial charge in [-0.25, -0.2) is 0 Å². The highest BCUT2D eigenvalue weighted by Crippen LogP contribution is 2.20. The second-order valence-electron chi connectivity index (χ2n) is 4.41. The third-order valence-electron chi connectivity index (χ3n) is 3.06. The summed E-state index contributed by atoms with van der Waals surface area (Å²) in [6, 6.07) is 18.3. The van der Waals surface area contributed by atoms with Gasteiger partial charge in [0.25, 0.3) is 0 Å². The number of amidine groups is 1. The topological polar surface area (TPSA) is 33.6 Å². The van der Waals surface area contributed by atoms with Gasteiger partial charge in [0.05, 0.1) is 12.1 Å². The molecule has 0 saturated heterocycles. The number of benzene rings is 2. The SMILES string of the molecule is c1ccc(CNC2=NCCOc3ccccc32)cc1. The van der Waals surface area contributed by atoms with Crippen LogP contribution in [-0.2, 0) is 6.54 Å². The van der Waals surface area contributed by atoms with E-state index in [1.54, 1.807) is 0 Å². The van der Waals surface area contributed by atoms with Crippen LogP contribution in [0, 0.1) is 0 Å². The van der Waals surface area contributed by atoms with E-state index in [1.807, 2.05) is 42.5 Å². The third kappa shape index (κ3) is 2.76. The van der Waals surface area contributed by atoms with Gasteiger partial charge in [0.15, 0.2) is 0 Å². The van der Waals surface area contributed by atoms with Crippen LogP contribution in [0.3, 0.4) is 0 Å². The molecule has 3 nitrogen and oxygen atoms in total. The van der Waals surface area contributed by atoms with E-state index >= 15 is 0 Å². The number of hydrogen-bond acceptors (Lipinski definition) is 3. The predicted molar refractivity (Wildman–Crippen MR) is 76.6 cm³/mol. The van der Waals surface area contributed by atoms with Gasteiger partial charge in [-0.2, -0.15) is 0 Å². The minimum atomic E-state index is 0.632. The lowest BCUT2D eigenvalue weighted by molar-refractivity contribution is 0.331. The first kappa shape index (κ1) is 11.8. The molecule has 0 saturated carbocycles. The average Bonchev–Trinajstić information content (AvgIpc) is 2.68. The van der Waals surface area contributed by atoms with Crippen LogP contribution in [0.25, 0.3) is 0 Å². The zero-order chi connectivity index (χ0) is 12.9. The zero-order valence-electron chi connectivity index (χ0n) is 10.7. The summed E-state index contributed by atoms with van der Waals surface area (Å²) in [5.74, 6) is 1.82. The second kappa shape index (κ2) is 5.57. The number of nitrogens with zero attached hydrogens (tertiary/aromatic N) is 1. The molecule has 0 spiro atoms. The fraction of sp³-hybridized carbons (Fsp3) is 0.188. The first-order valence-electron chi connectivity index (χ1n) is 6.48. The number of nitrogens with one attached hydrogen (secondary N) is 1. The Hall–Kier alpha value is -2.29. The van der Waals surface area contributed by atoms with E-state index in [0.29, 0.717) is 13.2 Å². The number of ether oxygens (including phenoxy) is 1. The Morgan fingerprint density at radius 3 is 2.68 bits per heavy atom. The summed E-state index contributed by atoms with van der Waals surface area (Å²) in [6.45, 7) is 2.09. The predicted octanol–water partition coefficient (Wildman–Crippen LogP) is 2.62. The van der Waals surface area contributed by atoms with Crippen LogP contribution in [-0.4, -0.2) is 19.0 Å². The summed E-state index contributed by atoms with van der Waals surface area (Å²) in [5, 5.41) is 3.40. The van der Waals surface area contributed by atoms with Gasteiger partial charge in [-0.05, 0) is 17.7 Å². The lowest BCUT2D eigenvalue weighted by Gasteiger charge is -2.11. The molecule has 0 radical (unpaired) electrons. The molecule has 0 fully saturated rings. The number of rotatable bonds is 2. The smallest absolute Gasteiger partial charge is 0.132 e. The molecule has 0 aromatic heterocycles. The molecule has 0 amide bonds. The molecule has 2 aromatic rings. The molecule has 3 rings (SSSR count). The van der Waals surface area contributed by atoms with Crippen molar-refractivity contribution in [1.82, 2.24) is 5.32 Å². The third-order valence-corrected chi connectivity index (χ3v) is 3.06. The van der Waals surface area contributed by atoms with Gasteiger partial charge < -0.3 is 10.1 Å². The van der Waals surface area contributed by atoms with Crippen molar-refractivity contribution >= 4 is 5.84 Å². The molecular formula is C16H16N2O. The van der Waals surface area contributed by atoms with Crippen molar-refractivity contribution in [1.29, 1.82) is 0 Å². The van der Waals surface area contributed by atoms with E-state index in [9.17, 15) is 0 Å². The molecule has 1 aliphatic heterocycles. The molecule has 1 aliphatic rings. The summed E-state index contributed by atoms with van der Waals surface area (Å²) < 4.78 is 5.68. The maximum atomic E-state index is 5.68. The Bertz CT molecular complexity index is 578. The summed E-state index contributed by atoms with van der Waals surface area (Å²) >= 11 is 0. The number of aliphatic imine (C=N–C) groups is 1. The second-order valence-corrected chi connectivity index (χ2v) is 4.41. The summed E-state index contributed by atoms with van der Waals surface area (Å²) in [6.07, 6.45) is 0. The molecule has 3 heteroatoms. The zero-order valence-corrected chi connectivity index (χ0v) is 10.7. The van der Waals surface area contributed by atoms with Crippen molar-refractivity contribution in [2.24, 2.45) is 4.99 Å². The van der Waals surface area contributed by atoms with Crippen molar-refractivity contribution in [3.05, 3.63) is 65.7 Å². The number of fused-ring (bicyclic) bond motifs is 1. The van der Waals surface area contributed by atoms with Gasteiger partial charge >= 0.3 is 0 Å². The number of para-hydroxylation sites is 1. The van der Waals surface area contributed by atoms with Crippen LogP contribution >= 0.6 is 0 Å². The van der Waals surface area contributed by atoms with Crippen molar-refractivity contribution in [3.8, 4) is 5.75 Å². The van der Waals surface area contributed by atoms with Gasteiger partial charge in [0, 0.05) is 6.54 Å². The van der Waals surface area contributed by atoms with Crippen LogP contribution in [0.5, 0.6) is 5.75 Å². The van der Waals surface area contributed by atoms with Gasteiger partial charge in [-0.1, -0.05) is 42.5 Å². The molecule has 0 bridgehead atoms. The van der Waals surface area contributed by atoms with Gasteiger partial charge in [-0.15, -0.1) is 0 Å². The molecular weight excluding hydrogens is 236 g/mol. The molecule has 2 aromatic carbocycles. The fourth-order valence-electron chi connectivity index (χ4n) is 2.12. The monoisotopic (exact) mass is 252 g/mol. The van der Waals surface area contributed by atoms with E-state index in [1.165, 1.54) is 5.56 Å². The first-order valence-corrected chi connectivity index (χ1v) is 6.48. The van der Waals surface area contributed by atoms with E-state index in [0.717, 1.165) is 23.7 Å². The number of hydrogen-bond donors (Lipinski definition) is 1. The summed E-state index contributed by atoms with van der Waals surface area (Å²) in [5.41, 5.74) is 2.28. The average molecular weight is 252 g/mol. The Morgan fingerprint density at radius 1 is 1.00 bits per heavy atom.